The van der Waals surface area contributed by atoms with E-state index in [1.165, 1.54) is 0 Å². The number of allylic oxidation sites excluding steroid dienone is 4. The van der Waals surface area contributed by atoms with Gasteiger partial charge in [-0.05, 0) is 41.3 Å². The Morgan fingerprint density at radius 2 is 2.37 bits per heavy atom. The van der Waals surface area contributed by atoms with Crippen LogP contribution in [0.4, 0.5) is 0 Å². The fraction of sp³-hybridized carbons (Fsp3) is 0.200. The summed E-state index contributed by atoms with van der Waals surface area (Å²) >= 11 is 1.61. The monoisotopic (exact) mass is 272 g/mol. The Hall–Kier alpha value is -1.94. The van der Waals surface area contributed by atoms with Gasteiger partial charge in [-0.25, -0.2) is 5.10 Å². The van der Waals surface area contributed by atoms with Crippen LogP contribution < -0.4 is 5.56 Å². The van der Waals surface area contributed by atoms with Gasteiger partial charge in [0.15, 0.2) is 0 Å². The average molecular weight is 272 g/mol. The number of thiophene rings is 1. The van der Waals surface area contributed by atoms with Crippen LogP contribution in [0.1, 0.15) is 26.0 Å². The molecule has 1 N–H and O–H groups in total. The van der Waals surface area contributed by atoms with Gasteiger partial charge in [-0.3, -0.25) is 4.79 Å². The van der Waals surface area contributed by atoms with E-state index in [-0.39, 0.29) is 5.56 Å². The molecule has 0 spiro atoms. The summed E-state index contributed by atoms with van der Waals surface area (Å²) in [5.41, 5.74) is 3.58. The van der Waals surface area contributed by atoms with Gasteiger partial charge in [0, 0.05) is 11.6 Å². The minimum absolute atomic E-state index is 0.179. The molecule has 0 radical (unpaired) electrons. The molecule has 0 saturated carbocycles. The zero-order valence-electron chi connectivity index (χ0n) is 11.0. The van der Waals surface area contributed by atoms with E-state index in [9.17, 15) is 4.79 Å². The van der Waals surface area contributed by atoms with Crippen LogP contribution >= 0.6 is 11.3 Å². The molecule has 0 fully saturated rings. The van der Waals surface area contributed by atoms with Crippen molar-refractivity contribution in [1.82, 2.24) is 10.2 Å². The Labute approximate surface area is 116 Å². The van der Waals surface area contributed by atoms with E-state index in [0.29, 0.717) is 0 Å². The molecular weight excluding hydrogens is 256 g/mol. The van der Waals surface area contributed by atoms with Crippen LogP contribution in [-0.4, -0.2) is 10.2 Å². The molecule has 0 aliphatic rings. The number of H-pyrrole nitrogens is 1. The number of aromatic amines is 1. The molecule has 0 aliphatic heterocycles. The zero-order valence-corrected chi connectivity index (χ0v) is 11.8. The number of hydrogen-bond donors (Lipinski definition) is 1. The van der Waals surface area contributed by atoms with Gasteiger partial charge in [-0.15, -0.1) is 0 Å². The number of nitrogens with zero attached hydrogens (tertiary/aromatic N) is 1. The minimum atomic E-state index is -0.179. The molecule has 0 bridgehead atoms. The normalized spacial score (nSPS) is 12.2. The lowest BCUT2D eigenvalue weighted by atomic mass is 10.0. The highest BCUT2D eigenvalue weighted by atomic mass is 32.1. The molecule has 0 aliphatic carbocycles. The second-order valence-corrected chi connectivity index (χ2v) is 4.85. The van der Waals surface area contributed by atoms with E-state index in [1.54, 1.807) is 17.4 Å². The van der Waals surface area contributed by atoms with E-state index >= 15 is 0 Å². The lowest BCUT2D eigenvalue weighted by Gasteiger charge is -2.07. The minimum Gasteiger partial charge on any atom is -0.268 e. The number of aromatic nitrogens is 2. The van der Waals surface area contributed by atoms with Crippen molar-refractivity contribution < 1.29 is 0 Å². The second-order valence-electron chi connectivity index (χ2n) is 4.07. The topological polar surface area (TPSA) is 45.8 Å². The Balaban J connectivity index is 2.63. The molecule has 0 atom stereocenters. The molecule has 0 amide bonds. The molecule has 2 aromatic rings. The zero-order chi connectivity index (χ0) is 13.7. The maximum Gasteiger partial charge on any atom is 0.264 e. The maximum atomic E-state index is 11.5. The average Bonchev–Trinajstić information content (AvgIpc) is 2.92. The van der Waals surface area contributed by atoms with Crippen molar-refractivity contribution in [1.29, 1.82) is 0 Å². The van der Waals surface area contributed by atoms with Crippen LogP contribution in [0.3, 0.4) is 0 Å². The summed E-state index contributed by atoms with van der Waals surface area (Å²) in [5.74, 6) is 0. The largest absolute Gasteiger partial charge is 0.268 e. The van der Waals surface area contributed by atoms with Crippen molar-refractivity contribution >= 4 is 16.9 Å². The predicted octanol–water partition coefficient (Wildman–Crippen LogP) is 3.87. The molecule has 3 nitrogen and oxygen atoms in total. The molecule has 0 unspecified atom stereocenters. The number of hydrogen-bond acceptors (Lipinski definition) is 3. The molecule has 2 aromatic heterocycles. The highest BCUT2D eigenvalue weighted by Gasteiger charge is 2.10. The van der Waals surface area contributed by atoms with Crippen LogP contribution in [0, 0.1) is 0 Å². The predicted molar refractivity (Wildman–Crippen MR) is 81.3 cm³/mol. The molecule has 2 rings (SSSR count). The van der Waals surface area contributed by atoms with Gasteiger partial charge < -0.3 is 0 Å². The first-order valence-electron chi connectivity index (χ1n) is 6.21. The van der Waals surface area contributed by atoms with Crippen molar-refractivity contribution in [3.05, 3.63) is 57.2 Å². The third-order valence-corrected chi connectivity index (χ3v) is 3.37. The maximum absolute atomic E-state index is 11.5. The van der Waals surface area contributed by atoms with E-state index < -0.39 is 0 Å². The smallest absolute Gasteiger partial charge is 0.264 e. The molecule has 19 heavy (non-hydrogen) atoms. The van der Waals surface area contributed by atoms with Crippen LogP contribution in [0.2, 0.25) is 0 Å². The van der Waals surface area contributed by atoms with Gasteiger partial charge in [0.2, 0.25) is 0 Å². The highest BCUT2D eigenvalue weighted by Crippen LogP contribution is 2.28. The summed E-state index contributed by atoms with van der Waals surface area (Å²) in [6, 6.07) is 3.61. The quantitative estimate of drug-likeness (QED) is 0.859. The standard InChI is InChI=1S/C15H16N2OS/c1-3-5-11(6-4-2)15-13(9-14(18)16-17-15)12-7-8-19-10-12/h3,5-10H,4H2,1-2H3,(H,16,18)/b5-3-,11-6+. The first-order chi connectivity index (χ1) is 9.26. The molecule has 2 heterocycles. The third kappa shape index (κ3) is 3.09. The SMILES string of the molecule is C/C=C\C(=C/CC)c1n[nH]c(=O)cc1-c1ccsc1. The Morgan fingerprint density at radius 3 is 3.00 bits per heavy atom. The van der Waals surface area contributed by atoms with E-state index in [1.807, 2.05) is 35.9 Å². The lowest BCUT2D eigenvalue weighted by Crippen LogP contribution is -2.09. The van der Waals surface area contributed by atoms with Gasteiger partial charge in [-0.2, -0.15) is 16.4 Å². The number of rotatable bonds is 4. The van der Waals surface area contributed by atoms with Gasteiger partial charge >= 0.3 is 0 Å². The summed E-state index contributed by atoms with van der Waals surface area (Å²) in [6.07, 6.45) is 7.02. The van der Waals surface area contributed by atoms with E-state index in [2.05, 4.69) is 23.2 Å². The molecule has 0 saturated heterocycles. The van der Waals surface area contributed by atoms with Crippen LogP contribution in [-0.2, 0) is 0 Å². The first-order valence-corrected chi connectivity index (χ1v) is 7.16. The molecule has 0 aromatic carbocycles. The molecule has 98 valence electrons. The summed E-state index contributed by atoms with van der Waals surface area (Å²) < 4.78 is 0. The van der Waals surface area contributed by atoms with Gasteiger partial charge in [0.1, 0.15) is 0 Å². The van der Waals surface area contributed by atoms with Gasteiger partial charge in [-0.1, -0.05) is 25.2 Å². The summed E-state index contributed by atoms with van der Waals surface area (Å²) in [4.78, 5) is 11.5. The summed E-state index contributed by atoms with van der Waals surface area (Å²) in [7, 11) is 0. The third-order valence-electron chi connectivity index (χ3n) is 2.68. The van der Waals surface area contributed by atoms with Crippen molar-refractivity contribution in [2.24, 2.45) is 0 Å². The van der Waals surface area contributed by atoms with Gasteiger partial charge in [0.05, 0.1) is 5.69 Å². The highest BCUT2D eigenvalue weighted by molar-refractivity contribution is 7.08. The fourth-order valence-electron chi connectivity index (χ4n) is 1.90. The van der Waals surface area contributed by atoms with Crippen molar-refractivity contribution in [3.63, 3.8) is 0 Å². The van der Waals surface area contributed by atoms with Crippen LogP contribution in [0.25, 0.3) is 16.7 Å². The second kappa shape index (κ2) is 6.29. The van der Waals surface area contributed by atoms with E-state index in [0.717, 1.165) is 28.8 Å². The fourth-order valence-corrected chi connectivity index (χ4v) is 2.56. The lowest BCUT2D eigenvalue weighted by molar-refractivity contribution is 0.974. The van der Waals surface area contributed by atoms with Crippen LogP contribution in [0.15, 0.2) is 45.9 Å². The van der Waals surface area contributed by atoms with Crippen molar-refractivity contribution in [3.8, 4) is 11.1 Å². The summed E-state index contributed by atoms with van der Waals surface area (Å²) in [6.45, 7) is 4.05. The van der Waals surface area contributed by atoms with Crippen molar-refractivity contribution in [2.45, 2.75) is 20.3 Å². The number of nitrogens with one attached hydrogen (secondary N) is 1. The molecular formula is C15H16N2OS. The Kier molecular flexibility index (Phi) is 4.47. The Bertz CT molecular complexity index is 651. The summed E-state index contributed by atoms with van der Waals surface area (Å²) in [5, 5.41) is 10.8. The van der Waals surface area contributed by atoms with Crippen LogP contribution in [0.5, 0.6) is 0 Å². The van der Waals surface area contributed by atoms with Crippen molar-refractivity contribution in [2.75, 3.05) is 0 Å². The molecule has 4 heteroatoms. The first kappa shape index (κ1) is 13.5. The Morgan fingerprint density at radius 1 is 1.53 bits per heavy atom. The van der Waals surface area contributed by atoms with Gasteiger partial charge in [0.25, 0.3) is 5.56 Å². The van der Waals surface area contributed by atoms with E-state index in [4.69, 9.17) is 0 Å².